The van der Waals surface area contributed by atoms with Crippen LogP contribution in [0.1, 0.15) is 11.1 Å². The highest BCUT2D eigenvalue weighted by molar-refractivity contribution is 5.82. The first kappa shape index (κ1) is 27.5. The van der Waals surface area contributed by atoms with E-state index in [-0.39, 0.29) is 23.7 Å². The Morgan fingerprint density at radius 3 is 2.29 bits per heavy atom. The fourth-order valence-corrected chi connectivity index (χ4v) is 5.24. The Hall–Kier alpha value is -4.70. The molecule has 0 amide bonds. The van der Waals surface area contributed by atoms with Crippen molar-refractivity contribution in [1.29, 1.82) is 0 Å². The molecule has 1 fully saturated rings. The van der Waals surface area contributed by atoms with Crippen molar-refractivity contribution in [3.8, 4) is 11.1 Å². The molecule has 42 heavy (non-hydrogen) atoms. The molecule has 0 aliphatic carbocycles. The summed E-state index contributed by atoms with van der Waals surface area (Å²) in [5.74, 6) is 0.236. The van der Waals surface area contributed by atoms with Gasteiger partial charge in [0.15, 0.2) is 0 Å². The third kappa shape index (κ3) is 5.71. The molecule has 6 rings (SSSR count). The fraction of sp³-hybridized carbons (Fsp3) is 0.219. The molecule has 5 aromatic rings. The van der Waals surface area contributed by atoms with Crippen LogP contribution in [0.3, 0.4) is 0 Å². The molecule has 1 N–H and O–H groups in total. The average Bonchev–Trinajstić information content (AvgIpc) is 2.99. The first-order valence-electron chi connectivity index (χ1n) is 13.7. The third-order valence-electron chi connectivity index (χ3n) is 7.55. The molecule has 1 saturated heterocycles. The summed E-state index contributed by atoms with van der Waals surface area (Å²) in [6.45, 7) is 3.62. The van der Waals surface area contributed by atoms with Gasteiger partial charge in [0.2, 0.25) is 5.95 Å². The van der Waals surface area contributed by atoms with E-state index in [1.54, 1.807) is 36.5 Å². The molecule has 2 aromatic heterocycles. The Kier molecular flexibility index (Phi) is 7.38. The molecule has 0 spiro atoms. The second-order valence-electron chi connectivity index (χ2n) is 10.4. The van der Waals surface area contributed by atoms with Gasteiger partial charge >= 0.3 is 6.18 Å². The maximum absolute atomic E-state index is 13.9. The molecule has 3 heterocycles. The number of benzene rings is 3. The van der Waals surface area contributed by atoms with Gasteiger partial charge < -0.3 is 15.1 Å². The zero-order chi connectivity index (χ0) is 29.3. The zero-order valence-electron chi connectivity index (χ0n) is 23.0. The minimum Gasteiger partial charge on any atom is -0.369 e. The molecule has 0 radical (unpaired) electrons. The van der Waals surface area contributed by atoms with E-state index in [0.717, 1.165) is 43.6 Å². The van der Waals surface area contributed by atoms with Crippen molar-refractivity contribution >= 4 is 28.4 Å². The summed E-state index contributed by atoms with van der Waals surface area (Å²) in [5.41, 5.74) is 1.88. The average molecular weight is 571 g/mol. The largest absolute Gasteiger partial charge is 0.416 e. The summed E-state index contributed by atoms with van der Waals surface area (Å²) >= 11 is 0. The highest BCUT2D eigenvalue weighted by atomic mass is 19.4. The molecule has 0 atom stereocenters. The van der Waals surface area contributed by atoms with Crippen LogP contribution >= 0.6 is 0 Å². The van der Waals surface area contributed by atoms with Crippen LogP contribution in [0.4, 0.5) is 30.5 Å². The molecule has 1 aliphatic heterocycles. The number of hydrogen-bond donors (Lipinski definition) is 1. The van der Waals surface area contributed by atoms with Crippen LogP contribution in [-0.4, -0.2) is 52.7 Å². The first-order valence-corrected chi connectivity index (χ1v) is 13.7. The van der Waals surface area contributed by atoms with Gasteiger partial charge in [-0.2, -0.15) is 18.2 Å². The van der Waals surface area contributed by atoms with E-state index in [2.05, 4.69) is 32.1 Å². The number of hydrogen-bond acceptors (Lipinski definition) is 6. The van der Waals surface area contributed by atoms with Gasteiger partial charge in [-0.05, 0) is 54.6 Å². The number of anilines is 3. The fourth-order valence-electron chi connectivity index (χ4n) is 5.24. The minimum absolute atomic E-state index is 0.0220. The summed E-state index contributed by atoms with van der Waals surface area (Å²) in [4.78, 5) is 27.5. The van der Waals surface area contributed by atoms with Crippen molar-refractivity contribution in [2.45, 2.75) is 12.7 Å². The lowest BCUT2D eigenvalue weighted by Gasteiger charge is -2.34. The Labute approximate surface area is 240 Å². The highest BCUT2D eigenvalue weighted by Crippen LogP contribution is 2.33. The van der Waals surface area contributed by atoms with Crippen LogP contribution < -0.4 is 15.8 Å². The van der Waals surface area contributed by atoms with Crippen LogP contribution in [0, 0.1) is 0 Å². The molecule has 7 nitrogen and oxygen atoms in total. The van der Waals surface area contributed by atoms with Gasteiger partial charge in [-0.1, -0.05) is 48.5 Å². The van der Waals surface area contributed by atoms with Crippen molar-refractivity contribution in [2.24, 2.45) is 0 Å². The van der Waals surface area contributed by atoms with Crippen LogP contribution in [0.2, 0.25) is 0 Å². The summed E-state index contributed by atoms with van der Waals surface area (Å²) in [6.07, 6.45) is -2.98. The van der Waals surface area contributed by atoms with E-state index >= 15 is 0 Å². The maximum atomic E-state index is 13.9. The van der Waals surface area contributed by atoms with E-state index < -0.39 is 17.3 Å². The molecule has 0 saturated carbocycles. The van der Waals surface area contributed by atoms with Gasteiger partial charge in [-0.25, -0.2) is 4.98 Å². The Morgan fingerprint density at radius 2 is 1.57 bits per heavy atom. The second-order valence-corrected chi connectivity index (χ2v) is 10.4. The first-order chi connectivity index (χ1) is 20.3. The van der Waals surface area contributed by atoms with E-state index in [1.807, 2.05) is 30.3 Å². The number of piperazine rings is 1. The smallest absolute Gasteiger partial charge is 0.369 e. The summed E-state index contributed by atoms with van der Waals surface area (Å²) < 4.78 is 42.9. The monoisotopic (exact) mass is 570 g/mol. The number of nitrogens with one attached hydrogen (secondary N) is 1. The summed E-state index contributed by atoms with van der Waals surface area (Å²) in [5, 5.41) is 3.72. The van der Waals surface area contributed by atoms with Gasteiger partial charge in [0.25, 0.3) is 5.56 Å². The number of rotatable bonds is 6. The molecular formula is C32H29F3N6O. The lowest BCUT2D eigenvalue weighted by atomic mass is 10.0. The Morgan fingerprint density at radius 1 is 0.881 bits per heavy atom. The highest BCUT2D eigenvalue weighted by Gasteiger charge is 2.33. The van der Waals surface area contributed by atoms with Gasteiger partial charge in [-0.3, -0.25) is 9.36 Å². The second kappa shape index (κ2) is 11.3. The standard InChI is InChI=1S/C32H29F3N6O/c1-39-15-17-40(18-16-39)26-13-11-25(12-14-26)37-31-36-20-24-19-27(22-7-3-2-4-8-22)30(42)41(29(24)38-31)21-23-9-5-6-10-28(23)32(33,34)35/h2-14,19-20H,15-18,21H2,1H3,(H,36,37,38). The third-order valence-corrected chi connectivity index (χ3v) is 7.55. The number of halogens is 3. The minimum atomic E-state index is -4.56. The number of alkyl halides is 3. The van der Waals surface area contributed by atoms with E-state index in [0.29, 0.717) is 16.5 Å². The van der Waals surface area contributed by atoms with E-state index in [4.69, 9.17) is 0 Å². The van der Waals surface area contributed by atoms with Crippen molar-refractivity contribution < 1.29 is 13.2 Å². The van der Waals surface area contributed by atoms with E-state index in [1.165, 1.54) is 22.8 Å². The van der Waals surface area contributed by atoms with Gasteiger partial charge in [0.1, 0.15) is 5.65 Å². The number of nitrogens with zero attached hydrogens (tertiary/aromatic N) is 5. The van der Waals surface area contributed by atoms with Crippen molar-refractivity contribution in [2.75, 3.05) is 43.4 Å². The van der Waals surface area contributed by atoms with Crippen molar-refractivity contribution in [3.63, 3.8) is 0 Å². The predicted octanol–water partition coefficient (Wildman–Crippen LogP) is 6.02. The van der Waals surface area contributed by atoms with E-state index in [9.17, 15) is 18.0 Å². The summed E-state index contributed by atoms with van der Waals surface area (Å²) in [7, 11) is 2.12. The maximum Gasteiger partial charge on any atom is 0.416 e. The van der Waals surface area contributed by atoms with Gasteiger partial charge in [-0.15, -0.1) is 0 Å². The van der Waals surface area contributed by atoms with Crippen LogP contribution in [0.25, 0.3) is 22.2 Å². The molecule has 1 aliphatic rings. The molecule has 214 valence electrons. The SMILES string of the molecule is CN1CCN(c2ccc(Nc3ncc4cc(-c5ccccc5)c(=O)n(Cc5ccccc5C(F)(F)F)c4n3)cc2)CC1. The van der Waals surface area contributed by atoms with Crippen LogP contribution in [0.15, 0.2) is 95.9 Å². The number of aromatic nitrogens is 3. The van der Waals surface area contributed by atoms with Gasteiger partial charge in [0, 0.05) is 54.7 Å². The predicted molar refractivity (Wildman–Crippen MR) is 159 cm³/mol. The topological polar surface area (TPSA) is 66.3 Å². The number of fused-ring (bicyclic) bond motifs is 1. The Bertz CT molecular complexity index is 1760. The molecule has 0 bridgehead atoms. The van der Waals surface area contributed by atoms with Crippen LogP contribution in [0.5, 0.6) is 0 Å². The molecule has 0 unspecified atom stereocenters. The lowest BCUT2D eigenvalue weighted by Crippen LogP contribution is -2.44. The zero-order valence-corrected chi connectivity index (χ0v) is 23.0. The normalized spacial score (nSPS) is 14.3. The van der Waals surface area contributed by atoms with Crippen molar-refractivity contribution in [1.82, 2.24) is 19.4 Å². The lowest BCUT2D eigenvalue weighted by molar-refractivity contribution is -0.138. The summed E-state index contributed by atoms with van der Waals surface area (Å²) in [6, 6.07) is 23.9. The van der Waals surface area contributed by atoms with Crippen molar-refractivity contribution in [3.05, 3.63) is 113 Å². The quantitative estimate of drug-likeness (QED) is 0.269. The molecular weight excluding hydrogens is 541 g/mol. The molecule has 3 aromatic carbocycles. The number of pyridine rings is 1. The van der Waals surface area contributed by atoms with Crippen LogP contribution in [-0.2, 0) is 12.7 Å². The molecule has 10 heteroatoms. The number of likely N-dealkylation sites (N-methyl/N-ethyl adjacent to an activating group) is 1. The Balaban J connectivity index is 1.38. The van der Waals surface area contributed by atoms with Gasteiger partial charge in [0.05, 0.1) is 12.1 Å².